The SMILES string of the molecule is COC(=O)N1NC(=CCC(C)C)CC1(O)C(F)(F)F. The third kappa shape index (κ3) is 3.12. The van der Waals surface area contributed by atoms with Gasteiger partial charge in [-0.1, -0.05) is 19.9 Å². The van der Waals surface area contributed by atoms with Crippen LogP contribution >= 0.6 is 0 Å². The van der Waals surface area contributed by atoms with Crippen LogP contribution < -0.4 is 5.43 Å². The molecular weight excluding hydrogens is 265 g/mol. The van der Waals surface area contributed by atoms with E-state index >= 15 is 0 Å². The molecule has 0 bridgehead atoms. The van der Waals surface area contributed by atoms with Crippen molar-refractivity contribution in [2.75, 3.05) is 7.11 Å². The van der Waals surface area contributed by atoms with Gasteiger partial charge in [-0.2, -0.15) is 18.2 Å². The van der Waals surface area contributed by atoms with Crippen molar-refractivity contribution in [3.05, 3.63) is 11.8 Å². The molecule has 0 aromatic heterocycles. The van der Waals surface area contributed by atoms with E-state index in [1.807, 2.05) is 13.8 Å². The zero-order valence-corrected chi connectivity index (χ0v) is 10.9. The van der Waals surface area contributed by atoms with Crippen LogP contribution in [0.15, 0.2) is 11.8 Å². The molecular formula is C11H17F3N2O3. The molecule has 0 spiro atoms. The van der Waals surface area contributed by atoms with Crippen molar-refractivity contribution in [3.8, 4) is 0 Å². The van der Waals surface area contributed by atoms with Gasteiger partial charge in [-0.15, -0.1) is 0 Å². The highest BCUT2D eigenvalue weighted by atomic mass is 19.4. The molecule has 1 aliphatic rings. The first-order valence-corrected chi connectivity index (χ1v) is 5.74. The topological polar surface area (TPSA) is 61.8 Å². The van der Waals surface area contributed by atoms with E-state index in [1.165, 1.54) is 6.08 Å². The lowest BCUT2D eigenvalue weighted by atomic mass is 10.1. The van der Waals surface area contributed by atoms with Gasteiger partial charge in [0.15, 0.2) is 0 Å². The minimum atomic E-state index is -4.98. The Labute approximate surface area is 109 Å². The number of nitrogens with zero attached hydrogens (tertiary/aromatic N) is 1. The molecule has 1 unspecified atom stereocenters. The Hall–Kier alpha value is -1.44. The van der Waals surface area contributed by atoms with Crippen molar-refractivity contribution < 1.29 is 27.8 Å². The van der Waals surface area contributed by atoms with Gasteiger partial charge in [0.1, 0.15) is 0 Å². The van der Waals surface area contributed by atoms with Gasteiger partial charge in [0.2, 0.25) is 0 Å². The maximum Gasteiger partial charge on any atom is 0.438 e. The highest BCUT2D eigenvalue weighted by Crippen LogP contribution is 2.41. The van der Waals surface area contributed by atoms with Crippen molar-refractivity contribution in [3.63, 3.8) is 0 Å². The highest BCUT2D eigenvalue weighted by molar-refractivity contribution is 5.68. The summed E-state index contributed by atoms with van der Waals surface area (Å²) in [4.78, 5) is 11.3. The lowest BCUT2D eigenvalue weighted by Gasteiger charge is -2.32. The van der Waals surface area contributed by atoms with Crippen LogP contribution in [0.25, 0.3) is 0 Å². The minimum Gasteiger partial charge on any atom is -0.451 e. The largest absolute Gasteiger partial charge is 0.451 e. The molecule has 110 valence electrons. The van der Waals surface area contributed by atoms with Crippen molar-refractivity contribution in [2.24, 2.45) is 5.92 Å². The number of rotatable bonds is 2. The smallest absolute Gasteiger partial charge is 0.438 e. The highest BCUT2D eigenvalue weighted by Gasteiger charge is 2.64. The molecule has 1 amide bonds. The monoisotopic (exact) mass is 282 g/mol. The van der Waals surface area contributed by atoms with Gasteiger partial charge < -0.3 is 9.84 Å². The maximum atomic E-state index is 12.9. The summed E-state index contributed by atoms with van der Waals surface area (Å²) < 4.78 is 42.9. The molecule has 1 fully saturated rings. The number of aliphatic hydroxyl groups is 1. The fourth-order valence-corrected chi connectivity index (χ4v) is 1.63. The average molecular weight is 282 g/mol. The van der Waals surface area contributed by atoms with Gasteiger partial charge in [0.05, 0.1) is 7.11 Å². The van der Waals surface area contributed by atoms with Gasteiger partial charge >= 0.3 is 12.3 Å². The summed E-state index contributed by atoms with van der Waals surface area (Å²) in [6, 6.07) is 0. The molecule has 8 heteroatoms. The number of hydrogen-bond acceptors (Lipinski definition) is 4. The van der Waals surface area contributed by atoms with E-state index in [4.69, 9.17) is 0 Å². The number of halogens is 3. The van der Waals surface area contributed by atoms with Gasteiger partial charge in [0.25, 0.3) is 5.72 Å². The number of hydrogen-bond donors (Lipinski definition) is 2. The van der Waals surface area contributed by atoms with Crippen LogP contribution in [0, 0.1) is 5.92 Å². The molecule has 0 radical (unpaired) electrons. The van der Waals surface area contributed by atoms with Gasteiger partial charge in [0, 0.05) is 12.1 Å². The summed E-state index contributed by atoms with van der Waals surface area (Å²) >= 11 is 0. The van der Waals surface area contributed by atoms with Crippen molar-refractivity contribution >= 4 is 6.09 Å². The molecule has 1 rings (SSSR count). The van der Waals surface area contributed by atoms with Gasteiger partial charge in [-0.3, -0.25) is 5.43 Å². The first-order valence-electron chi connectivity index (χ1n) is 5.74. The zero-order valence-electron chi connectivity index (χ0n) is 10.9. The lowest BCUT2D eigenvalue weighted by molar-refractivity contribution is -0.301. The summed E-state index contributed by atoms with van der Waals surface area (Å²) in [6.45, 7) is 3.81. The summed E-state index contributed by atoms with van der Waals surface area (Å²) in [6.07, 6.45) is -4.96. The van der Waals surface area contributed by atoms with Crippen LogP contribution in [0.5, 0.6) is 0 Å². The molecule has 1 heterocycles. The number of alkyl halides is 3. The number of ether oxygens (including phenoxy) is 1. The molecule has 0 aliphatic carbocycles. The Morgan fingerprint density at radius 3 is 2.63 bits per heavy atom. The van der Waals surface area contributed by atoms with Gasteiger partial charge in [-0.05, 0) is 12.3 Å². The number of hydrazine groups is 1. The summed E-state index contributed by atoms with van der Waals surface area (Å²) in [5, 5.41) is 9.79. The fourth-order valence-electron chi connectivity index (χ4n) is 1.63. The minimum absolute atomic E-state index is 0.0686. The molecule has 0 saturated carbocycles. The number of methoxy groups -OCH3 is 1. The number of nitrogens with one attached hydrogen (secondary N) is 1. The molecule has 0 aromatic carbocycles. The summed E-state index contributed by atoms with van der Waals surface area (Å²) in [7, 11) is 0.941. The van der Waals surface area contributed by atoms with Crippen LogP contribution in [-0.2, 0) is 4.74 Å². The van der Waals surface area contributed by atoms with Crippen molar-refractivity contribution in [1.29, 1.82) is 0 Å². The molecule has 1 aliphatic heterocycles. The normalized spacial score (nSPS) is 25.9. The molecule has 1 saturated heterocycles. The van der Waals surface area contributed by atoms with Crippen LogP contribution in [0.2, 0.25) is 0 Å². The quantitative estimate of drug-likeness (QED) is 0.814. The molecule has 0 aromatic rings. The number of allylic oxidation sites excluding steroid dienone is 1. The number of carbonyl (C=O) groups excluding carboxylic acids is 1. The summed E-state index contributed by atoms with van der Waals surface area (Å²) in [5.41, 5.74) is -0.907. The third-order valence-electron chi connectivity index (χ3n) is 2.71. The molecule has 2 N–H and O–H groups in total. The second-order valence-electron chi connectivity index (χ2n) is 4.77. The third-order valence-corrected chi connectivity index (χ3v) is 2.71. The Morgan fingerprint density at radius 2 is 2.21 bits per heavy atom. The van der Waals surface area contributed by atoms with E-state index in [0.29, 0.717) is 6.42 Å². The Kier molecular flexibility index (Phi) is 4.34. The van der Waals surface area contributed by atoms with Crippen LogP contribution in [0.1, 0.15) is 26.7 Å². The van der Waals surface area contributed by atoms with E-state index in [2.05, 4.69) is 10.2 Å². The number of carbonyl (C=O) groups is 1. The maximum absolute atomic E-state index is 12.9. The predicted molar refractivity (Wildman–Crippen MR) is 60.5 cm³/mol. The van der Waals surface area contributed by atoms with E-state index in [-0.39, 0.29) is 16.6 Å². The Balaban J connectivity index is 3.01. The predicted octanol–water partition coefficient (Wildman–Crippen LogP) is 2.14. The average Bonchev–Trinajstić information content (AvgIpc) is 2.64. The van der Waals surface area contributed by atoms with Crippen LogP contribution in [0.3, 0.4) is 0 Å². The molecule has 19 heavy (non-hydrogen) atoms. The van der Waals surface area contributed by atoms with E-state index in [0.717, 1.165) is 7.11 Å². The Bertz CT molecular complexity index is 382. The lowest BCUT2D eigenvalue weighted by Crippen LogP contribution is -2.59. The van der Waals surface area contributed by atoms with Crippen LogP contribution in [0.4, 0.5) is 18.0 Å². The van der Waals surface area contributed by atoms with Crippen molar-refractivity contribution in [2.45, 2.75) is 38.6 Å². The standard InChI is InChI=1S/C11H17F3N2O3/c1-7(2)4-5-8-6-10(18,11(12,13)14)16(15-8)9(17)19-3/h5,7,15,18H,4,6H2,1-3H3. The fraction of sp³-hybridized carbons (Fsp3) is 0.727. The van der Waals surface area contributed by atoms with Gasteiger partial charge in [-0.25, -0.2) is 4.79 Å². The zero-order chi connectivity index (χ0) is 14.8. The van der Waals surface area contributed by atoms with E-state index < -0.39 is 24.4 Å². The second-order valence-corrected chi connectivity index (χ2v) is 4.77. The molecule has 5 nitrogen and oxygen atoms in total. The molecule has 1 atom stereocenters. The Morgan fingerprint density at radius 1 is 1.63 bits per heavy atom. The van der Waals surface area contributed by atoms with Crippen LogP contribution in [-0.4, -0.2) is 35.2 Å². The summed E-state index contributed by atoms with van der Waals surface area (Å²) in [5.74, 6) is 0.250. The first kappa shape index (κ1) is 15.6. The van der Waals surface area contributed by atoms with E-state index in [9.17, 15) is 23.1 Å². The van der Waals surface area contributed by atoms with E-state index in [1.54, 1.807) is 0 Å². The second kappa shape index (κ2) is 5.28. The van der Waals surface area contributed by atoms with Crippen molar-refractivity contribution in [1.82, 2.24) is 10.4 Å². The number of amides is 1. The first-order chi connectivity index (χ1) is 8.61.